The highest BCUT2D eigenvalue weighted by atomic mass is 16.5. The number of ether oxygens (including phenoxy) is 1. The maximum atomic E-state index is 10.9. The van der Waals surface area contributed by atoms with Crippen molar-refractivity contribution in [3.8, 4) is 5.75 Å². The molecule has 0 aliphatic heterocycles. The van der Waals surface area contributed by atoms with Crippen molar-refractivity contribution in [1.82, 2.24) is 0 Å². The molecule has 0 atom stereocenters. The van der Waals surface area contributed by atoms with Crippen LogP contribution in [0.4, 0.5) is 0 Å². The Kier molecular flexibility index (Phi) is 3.33. The van der Waals surface area contributed by atoms with Crippen LogP contribution in [0.15, 0.2) is 12.1 Å². The molecule has 0 fully saturated rings. The van der Waals surface area contributed by atoms with Crippen molar-refractivity contribution in [1.29, 1.82) is 0 Å². The van der Waals surface area contributed by atoms with Crippen LogP contribution in [0.25, 0.3) is 0 Å². The number of methoxy groups -OCH3 is 1. The fourth-order valence-corrected chi connectivity index (χ4v) is 1.42. The van der Waals surface area contributed by atoms with E-state index in [0.717, 1.165) is 0 Å². The number of rotatable bonds is 3. The van der Waals surface area contributed by atoms with E-state index in [9.17, 15) is 4.79 Å². The van der Waals surface area contributed by atoms with Gasteiger partial charge >= 0.3 is 13.1 Å². The van der Waals surface area contributed by atoms with E-state index >= 15 is 0 Å². The van der Waals surface area contributed by atoms with Gasteiger partial charge in [0.25, 0.3) is 0 Å². The molecular weight excluding hydrogens is 199 g/mol. The number of carboxylic acid groups (broad SMARTS) is 1. The van der Waals surface area contributed by atoms with E-state index in [0.29, 0.717) is 0 Å². The van der Waals surface area contributed by atoms with Gasteiger partial charge in [-0.2, -0.15) is 0 Å². The minimum absolute atomic E-state index is 0.0527. The van der Waals surface area contributed by atoms with Crippen molar-refractivity contribution < 1.29 is 24.7 Å². The molecule has 3 N–H and O–H groups in total. The summed E-state index contributed by atoms with van der Waals surface area (Å²) >= 11 is 0. The summed E-state index contributed by atoms with van der Waals surface area (Å²) in [6.45, 7) is 1.50. The zero-order chi connectivity index (χ0) is 11.6. The van der Waals surface area contributed by atoms with E-state index < -0.39 is 13.1 Å². The molecule has 0 aliphatic carbocycles. The minimum atomic E-state index is -1.69. The lowest BCUT2D eigenvalue weighted by atomic mass is 9.76. The predicted octanol–water partition coefficient (Wildman–Crippen LogP) is -0.618. The van der Waals surface area contributed by atoms with E-state index in [-0.39, 0.29) is 22.3 Å². The first kappa shape index (κ1) is 11.5. The Balaban J connectivity index is 3.42. The van der Waals surface area contributed by atoms with Crippen molar-refractivity contribution in [3.05, 3.63) is 23.3 Å². The highest BCUT2D eigenvalue weighted by Crippen LogP contribution is 2.20. The first-order valence-electron chi connectivity index (χ1n) is 4.26. The van der Waals surface area contributed by atoms with Crippen molar-refractivity contribution in [2.24, 2.45) is 0 Å². The van der Waals surface area contributed by atoms with Crippen LogP contribution in [0, 0.1) is 6.92 Å². The van der Waals surface area contributed by atoms with Gasteiger partial charge in [0, 0.05) is 0 Å². The summed E-state index contributed by atoms with van der Waals surface area (Å²) in [6.07, 6.45) is 0. The van der Waals surface area contributed by atoms with Gasteiger partial charge in [-0.05, 0) is 24.0 Å². The Morgan fingerprint density at radius 2 is 2.00 bits per heavy atom. The summed E-state index contributed by atoms with van der Waals surface area (Å²) in [6, 6.07) is 2.82. The monoisotopic (exact) mass is 210 g/mol. The zero-order valence-electron chi connectivity index (χ0n) is 8.39. The average molecular weight is 210 g/mol. The number of hydrogen-bond donors (Lipinski definition) is 3. The molecule has 0 aromatic heterocycles. The van der Waals surface area contributed by atoms with Crippen molar-refractivity contribution in [3.63, 3.8) is 0 Å². The van der Waals surface area contributed by atoms with Gasteiger partial charge in [0.05, 0.1) is 7.11 Å². The minimum Gasteiger partial charge on any atom is -0.496 e. The Morgan fingerprint density at radius 1 is 1.40 bits per heavy atom. The summed E-state index contributed by atoms with van der Waals surface area (Å²) in [5, 5.41) is 26.9. The van der Waals surface area contributed by atoms with Gasteiger partial charge in [-0.25, -0.2) is 4.79 Å². The van der Waals surface area contributed by atoms with Gasteiger partial charge in [0.1, 0.15) is 11.3 Å². The molecule has 80 valence electrons. The van der Waals surface area contributed by atoms with Crippen LogP contribution in [-0.4, -0.2) is 35.4 Å². The van der Waals surface area contributed by atoms with Gasteiger partial charge in [-0.15, -0.1) is 0 Å². The molecule has 0 saturated carbocycles. The highest BCUT2D eigenvalue weighted by Gasteiger charge is 2.22. The molecule has 0 aliphatic rings. The number of carboxylic acids is 1. The molecule has 1 aromatic carbocycles. The number of aromatic carboxylic acids is 1. The van der Waals surface area contributed by atoms with Crippen molar-refractivity contribution >= 4 is 18.6 Å². The molecule has 0 unspecified atom stereocenters. The quantitative estimate of drug-likeness (QED) is 0.578. The highest BCUT2D eigenvalue weighted by molar-refractivity contribution is 6.59. The molecule has 0 heterocycles. The molecule has 1 aromatic rings. The molecule has 1 rings (SSSR count). The van der Waals surface area contributed by atoms with Gasteiger partial charge in [0.15, 0.2) is 0 Å². The normalized spacial score (nSPS) is 9.87. The molecule has 0 spiro atoms. The van der Waals surface area contributed by atoms with Gasteiger partial charge in [-0.3, -0.25) is 0 Å². The maximum absolute atomic E-state index is 10.9. The third-order valence-electron chi connectivity index (χ3n) is 2.18. The van der Waals surface area contributed by atoms with Gasteiger partial charge in [-0.1, -0.05) is 6.07 Å². The number of benzene rings is 1. The summed E-state index contributed by atoms with van der Waals surface area (Å²) in [5.74, 6) is -0.962. The van der Waals surface area contributed by atoms with Gasteiger partial charge < -0.3 is 19.9 Å². The van der Waals surface area contributed by atoms with E-state index in [4.69, 9.17) is 19.9 Å². The van der Waals surface area contributed by atoms with Crippen LogP contribution in [-0.2, 0) is 0 Å². The van der Waals surface area contributed by atoms with Crippen LogP contribution in [0.5, 0.6) is 5.75 Å². The van der Waals surface area contributed by atoms with E-state index in [1.54, 1.807) is 0 Å². The van der Waals surface area contributed by atoms with E-state index in [2.05, 4.69) is 0 Å². The van der Waals surface area contributed by atoms with Crippen molar-refractivity contribution in [2.45, 2.75) is 6.92 Å². The molecular formula is C9H11BO5. The number of hydrogen-bond acceptors (Lipinski definition) is 4. The Labute approximate surface area is 87.1 Å². The first-order chi connectivity index (χ1) is 6.99. The second-order valence-electron chi connectivity index (χ2n) is 3.04. The SMILES string of the molecule is COc1ccc(B(O)O)c(C)c1C(=O)O. The smallest absolute Gasteiger partial charge is 0.488 e. The second kappa shape index (κ2) is 4.33. The first-order valence-corrected chi connectivity index (χ1v) is 4.26. The third kappa shape index (κ3) is 2.11. The van der Waals surface area contributed by atoms with Crippen LogP contribution >= 0.6 is 0 Å². The second-order valence-corrected chi connectivity index (χ2v) is 3.04. The molecule has 15 heavy (non-hydrogen) atoms. The Morgan fingerprint density at radius 3 is 2.40 bits per heavy atom. The molecule has 0 saturated heterocycles. The fraction of sp³-hybridized carbons (Fsp3) is 0.222. The van der Waals surface area contributed by atoms with Crippen molar-refractivity contribution in [2.75, 3.05) is 7.11 Å². The summed E-state index contributed by atoms with van der Waals surface area (Å²) in [4.78, 5) is 10.9. The maximum Gasteiger partial charge on any atom is 0.488 e. The van der Waals surface area contributed by atoms with E-state index in [1.807, 2.05) is 0 Å². The zero-order valence-corrected chi connectivity index (χ0v) is 8.39. The lowest BCUT2D eigenvalue weighted by Gasteiger charge is -2.11. The van der Waals surface area contributed by atoms with Gasteiger partial charge in [0.2, 0.25) is 0 Å². The van der Waals surface area contributed by atoms with Crippen LogP contribution < -0.4 is 10.2 Å². The topological polar surface area (TPSA) is 87.0 Å². The van der Waals surface area contributed by atoms with Crippen LogP contribution in [0.2, 0.25) is 0 Å². The number of carbonyl (C=O) groups is 1. The fourth-order valence-electron chi connectivity index (χ4n) is 1.42. The summed E-state index contributed by atoms with van der Waals surface area (Å²) < 4.78 is 4.88. The Hall–Kier alpha value is -1.53. The molecule has 0 bridgehead atoms. The summed E-state index contributed by atoms with van der Waals surface area (Å²) in [5.41, 5.74) is 0.396. The Bertz CT molecular complexity index is 388. The molecule has 0 amide bonds. The average Bonchev–Trinajstić information content (AvgIpc) is 2.15. The summed E-state index contributed by atoms with van der Waals surface area (Å²) in [7, 11) is -0.329. The largest absolute Gasteiger partial charge is 0.496 e. The van der Waals surface area contributed by atoms with E-state index in [1.165, 1.54) is 26.2 Å². The standard InChI is InChI=1S/C9H11BO5/c1-5-6(10(13)14)3-4-7(15-2)8(5)9(11)12/h3-4,13-14H,1-2H3,(H,11,12). The van der Waals surface area contributed by atoms with Crippen LogP contribution in [0.3, 0.4) is 0 Å². The molecule has 6 heteroatoms. The third-order valence-corrected chi connectivity index (χ3v) is 2.18. The lowest BCUT2D eigenvalue weighted by Crippen LogP contribution is -2.33. The lowest BCUT2D eigenvalue weighted by molar-refractivity contribution is 0.0692. The molecule has 5 nitrogen and oxygen atoms in total. The predicted molar refractivity (Wildman–Crippen MR) is 54.5 cm³/mol. The van der Waals surface area contributed by atoms with Crippen LogP contribution in [0.1, 0.15) is 15.9 Å². The molecule has 0 radical (unpaired) electrons.